The molecule has 0 radical (unpaired) electrons. The lowest BCUT2D eigenvalue weighted by atomic mass is 9.79. The van der Waals surface area contributed by atoms with E-state index in [1.165, 1.54) is 12.1 Å². The lowest BCUT2D eigenvalue weighted by Crippen LogP contribution is -2.41. The zero-order chi connectivity index (χ0) is 13.2. The van der Waals surface area contributed by atoms with E-state index >= 15 is 0 Å². The number of rotatable bonds is 2. The fourth-order valence-electron chi connectivity index (χ4n) is 1.29. The number of nitrogens with one attached hydrogen (secondary N) is 1. The van der Waals surface area contributed by atoms with E-state index in [0.29, 0.717) is 0 Å². The van der Waals surface area contributed by atoms with Crippen LogP contribution < -0.4 is 10.8 Å². The first-order valence-electron chi connectivity index (χ1n) is 5.19. The molecule has 0 fully saturated rings. The molecule has 0 atom stereocenters. The van der Waals surface area contributed by atoms with Crippen LogP contribution in [0.1, 0.15) is 31.1 Å². The van der Waals surface area contributed by atoms with Crippen molar-refractivity contribution in [1.29, 1.82) is 0 Å². The summed E-state index contributed by atoms with van der Waals surface area (Å²) in [5.74, 6) is -1.23. The van der Waals surface area contributed by atoms with Gasteiger partial charge >= 0.3 is 7.12 Å². The van der Waals surface area contributed by atoms with Crippen LogP contribution >= 0.6 is 0 Å². The number of halogens is 1. The molecule has 4 nitrogen and oxygen atoms in total. The maximum absolute atomic E-state index is 13.4. The van der Waals surface area contributed by atoms with Crippen molar-refractivity contribution in [2.75, 3.05) is 0 Å². The van der Waals surface area contributed by atoms with Gasteiger partial charge in [-0.1, -0.05) is 6.07 Å². The number of hydrogen-bond donors (Lipinski definition) is 3. The summed E-state index contributed by atoms with van der Waals surface area (Å²) in [6.45, 7) is 5.44. The van der Waals surface area contributed by atoms with Crippen molar-refractivity contribution in [3.8, 4) is 0 Å². The van der Waals surface area contributed by atoms with Crippen molar-refractivity contribution in [2.24, 2.45) is 0 Å². The van der Waals surface area contributed by atoms with Gasteiger partial charge in [-0.2, -0.15) is 0 Å². The van der Waals surface area contributed by atoms with Gasteiger partial charge in [0.05, 0.1) is 0 Å². The molecule has 0 unspecified atom stereocenters. The molecule has 0 heterocycles. The molecule has 1 rings (SSSR count). The van der Waals surface area contributed by atoms with Crippen LogP contribution in [-0.2, 0) is 0 Å². The van der Waals surface area contributed by atoms with E-state index < -0.39 is 24.4 Å². The summed E-state index contributed by atoms with van der Waals surface area (Å²) in [6, 6.07) is 3.51. The van der Waals surface area contributed by atoms with Gasteiger partial charge in [-0.25, -0.2) is 4.39 Å². The molecule has 6 heteroatoms. The summed E-state index contributed by atoms with van der Waals surface area (Å²) in [7, 11) is -1.88. The summed E-state index contributed by atoms with van der Waals surface area (Å²) in [4.78, 5) is 11.7. The number of benzene rings is 1. The molecule has 0 spiro atoms. The van der Waals surface area contributed by atoms with Crippen molar-refractivity contribution in [3.05, 3.63) is 29.6 Å². The molecule has 0 aliphatic rings. The molecule has 17 heavy (non-hydrogen) atoms. The number of hydrogen-bond acceptors (Lipinski definition) is 3. The Morgan fingerprint density at radius 3 is 2.35 bits per heavy atom. The lowest BCUT2D eigenvalue weighted by Gasteiger charge is -2.20. The third-order valence-electron chi connectivity index (χ3n) is 2.03. The second-order valence-electron chi connectivity index (χ2n) is 4.81. The number of carbonyl (C=O) groups excluding carboxylic acids is 1. The summed E-state index contributed by atoms with van der Waals surface area (Å²) < 4.78 is 13.4. The molecule has 0 bridgehead atoms. The first kappa shape index (κ1) is 13.7. The smallest absolute Gasteiger partial charge is 0.423 e. The predicted molar refractivity (Wildman–Crippen MR) is 63.4 cm³/mol. The third kappa shape index (κ3) is 3.83. The first-order chi connectivity index (χ1) is 7.70. The van der Waals surface area contributed by atoms with Gasteiger partial charge in [-0.05, 0) is 32.9 Å². The molecule has 0 saturated heterocycles. The highest BCUT2D eigenvalue weighted by Crippen LogP contribution is 2.06. The Labute approximate surface area is 99.6 Å². The van der Waals surface area contributed by atoms with Crippen LogP contribution in [0, 0.1) is 5.82 Å². The van der Waals surface area contributed by atoms with E-state index in [9.17, 15) is 9.18 Å². The summed E-state index contributed by atoms with van der Waals surface area (Å²) in [5.41, 5.74) is -0.526. The van der Waals surface area contributed by atoms with Crippen molar-refractivity contribution in [1.82, 2.24) is 5.32 Å². The van der Waals surface area contributed by atoms with Gasteiger partial charge in [0, 0.05) is 16.6 Å². The van der Waals surface area contributed by atoms with E-state index in [2.05, 4.69) is 5.32 Å². The summed E-state index contributed by atoms with van der Waals surface area (Å²) in [5, 5.41) is 20.4. The topological polar surface area (TPSA) is 69.6 Å². The molecule has 0 saturated carbocycles. The highest BCUT2D eigenvalue weighted by atomic mass is 19.1. The highest BCUT2D eigenvalue weighted by Gasteiger charge is 2.20. The second-order valence-corrected chi connectivity index (χ2v) is 4.81. The molecule has 3 N–H and O–H groups in total. The highest BCUT2D eigenvalue weighted by molar-refractivity contribution is 6.58. The SMILES string of the molecule is CC(C)(C)NC(=O)c1ccc(B(O)O)c(F)c1. The second kappa shape index (κ2) is 4.85. The Bertz CT molecular complexity index is 429. The van der Waals surface area contributed by atoms with Crippen LogP contribution in [0.5, 0.6) is 0 Å². The quantitative estimate of drug-likeness (QED) is 0.638. The Morgan fingerprint density at radius 1 is 1.35 bits per heavy atom. The normalized spacial score (nSPS) is 11.2. The minimum atomic E-state index is -1.88. The zero-order valence-electron chi connectivity index (χ0n) is 9.99. The average molecular weight is 239 g/mol. The molecule has 0 aliphatic carbocycles. The standard InChI is InChI=1S/C11H15BFNO3/c1-11(2,3)14-10(15)7-4-5-8(12(16)17)9(13)6-7/h4-6,16-17H,1-3H3,(H,14,15). The predicted octanol–water partition coefficient (Wildman–Crippen LogP) is 0.0338. The summed E-state index contributed by atoms with van der Waals surface area (Å²) in [6.07, 6.45) is 0. The van der Waals surface area contributed by atoms with Gasteiger partial charge in [-0.15, -0.1) is 0 Å². The van der Waals surface area contributed by atoms with E-state index in [1.807, 2.05) is 20.8 Å². The minimum absolute atomic E-state index is 0.141. The van der Waals surface area contributed by atoms with Gasteiger partial charge < -0.3 is 15.4 Å². The monoisotopic (exact) mass is 239 g/mol. The van der Waals surface area contributed by atoms with Crippen LogP contribution in [0.4, 0.5) is 4.39 Å². The number of amides is 1. The fourth-order valence-corrected chi connectivity index (χ4v) is 1.29. The first-order valence-corrected chi connectivity index (χ1v) is 5.19. The van der Waals surface area contributed by atoms with Crippen molar-refractivity contribution in [2.45, 2.75) is 26.3 Å². The van der Waals surface area contributed by atoms with E-state index in [-0.39, 0.29) is 11.0 Å². The Balaban J connectivity index is 2.94. The molecular formula is C11H15BFNO3. The van der Waals surface area contributed by atoms with Gasteiger partial charge in [0.2, 0.25) is 0 Å². The Hall–Kier alpha value is -1.40. The number of carbonyl (C=O) groups is 1. The van der Waals surface area contributed by atoms with Crippen molar-refractivity contribution in [3.63, 3.8) is 0 Å². The van der Waals surface area contributed by atoms with Gasteiger partial charge in [-0.3, -0.25) is 4.79 Å². The van der Waals surface area contributed by atoms with Crippen LogP contribution in [-0.4, -0.2) is 28.6 Å². The molecule has 1 aromatic carbocycles. The van der Waals surface area contributed by atoms with Crippen LogP contribution in [0.25, 0.3) is 0 Å². The van der Waals surface area contributed by atoms with Gasteiger partial charge in [0.25, 0.3) is 5.91 Å². The summed E-state index contributed by atoms with van der Waals surface area (Å²) >= 11 is 0. The Kier molecular flexibility index (Phi) is 3.90. The molecule has 92 valence electrons. The van der Waals surface area contributed by atoms with E-state index in [0.717, 1.165) is 6.07 Å². The van der Waals surface area contributed by atoms with Gasteiger partial charge in [0.15, 0.2) is 0 Å². The molecular weight excluding hydrogens is 224 g/mol. The van der Waals surface area contributed by atoms with Crippen LogP contribution in [0.15, 0.2) is 18.2 Å². The molecule has 1 aromatic rings. The van der Waals surface area contributed by atoms with Crippen LogP contribution in [0.3, 0.4) is 0 Å². The molecule has 1 amide bonds. The minimum Gasteiger partial charge on any atom is -0.423 e. The van der Waals surface area contributed by atoms with E-state index in [1.54, 1.807) is 0 Å². The average Bonchev–Trinajstić information content (AvgIpc) is 2.14. The van der Waals surface area contributed by atoms with E-state index in [4.69, 9.17) is 10.0 Å². The maximum atomic E-state index is 13.4. The largest absolute Gasteiger partial charge is 0.491 e. The zero-order valence-corrected chi connectivity index (χ0v) is 9.99. The fraction of sp³-hybridized carbons (Fsp3) is 0.364. The maximum Gasteiger partial charge on any atom is 0.491 e. The molecule has 0 aliphatic heterocycles. The van der Waals surface area contributed by atoms with Gasteiger partial charge in [0.1, 0.15) is 5.82 Å². The Morgan fingerprint density at radius 2 is 1.94 bits per heavy atom. The van der Waals surface area contributed by atoms with Crippen molar-refractivity contribution >= 4 is 18.5 Å². The van der Waals surface area contributed by atoms with Crippen LogP contribution in [0.2, 0.25) is 0 Å². The molecule has 0 aromatic heterocycles. The lowest BCUT2D eigenvalue weighted by molar-refractivity contribution is 0.0919. The van der Waals surface area contributed by atoms with Crippen molar-refractivity contribution < 1.29 is 19.2 Å². The third-order valence-corrected chi connectivity index (χ3v) is 2.03.